The zero-order valence-electron chi connectivity index (χ0n) is 20.2. The lowest BCUT2D eigenvalue weighted by Crippen LogP contribution is -2.34. The fourth-order valence-electron chi connectivity index (χ4n) is 4.73. The van der Waals surface area contributed by atoms with E-state index in [9.17, 15) is 14.7 Å². The molecule has 1 aromatic heterocycles. The Morgan fingerprint density at radius 2 is 1.69 bits per heavy atom. The van der Waals surface area contributed by atoms with Crippen molar-refractivity contribution in [2.24, 2.45) is 0 Å². The number of benzene rings is 3. The van der Waals surface area contributed by atoms with Gasteiger partial charge in [-0.3, -0.25) is 14.6 Å². The van der Waals surface area contributed by atoms with Crippen molar-refractivity contribution >= 4 is 17.5 Å². The number of aromatic nitrogens is 1. The number of aryl methyl sites for hydroxylation is 2. The number of fused-ring (bicyclic) bond motifs is 1. The van der Waals surface area contributed by atoms with E-state index in [0.29, 0.717) is 28.8 Å². The molecular weight excluding hydrogens is 450 g/mol. The molecule has 3 N–H and O–H groups in total. The summed E-state index contributed by atoms with van der Waals surface area (Å²) in [5, 5.41) is 16.4. The average molecular weight is 478 g/mol. The number of pyridine rings is 1. The molecule has 1 heterocycles. The number of hydrogen-bond donors (Lipinski definition) is 3. The van der Waals surface area contributed by atoms with E-state index in [-0.39, 0.29) is 11.8 Å². The molecule has 6 nitrogen and oxygen atoms in total. The van der Waals surface area contributed by atoms with Gasteiger partial charge in [0.25, 0.3) is 11.8 Å². The Balaban J connectivity index is 1.31. The molecular formula is C30H27N3O3. The number of nitrogens with one attached hydrogen (secondary N) is 2. The molecule has 0 bridgehead atoms. The lowest BCUT2D eigenvalue weighted by atomic mass is 10.0. The van der Waals surface area contributed by atoms with E-state index >= 15 is 0 Å². The predicted molar refractivity (Wildman–Crippen MR) is 140 cm³/mol. The fourth-order valence-corrected chi connectivity index (χ4v) is 4.73. The number of aliphatic hydroxyl groups excluding tert-OH is 1. The summed E-state index contributed by atoms with van der Waals surface area (Å²) in [7, 11) is 0. The standard InChI is InChI=1S/C30H27N3O3/c1-18-10-12-22(17-25(18)26-9-5-6-14-31-26)32-30(36)23-13-11-21(15-19(23)2)29(35)33-28-24-8-4-3-7-20(24)16-27(28)34/h3-15,17,27-28,34H,16H2,1-2H3,(H,32,36)(H,33,35). The number of hydrogen-bond acceptors (Lipinski definition) is 4. The van der Waals surface area contributed by atoms with Gasteiger partial charge in [0.1, 0.15) is 0 Å². The molecule has 5 rings (SSSR count). The Kier molecular flexibility index (Phi) is 6.36. The lowest BCUT2D eigenvalue weighted by Gasteiger charge is -2.18. The number of nitrogens with zero attached hydrogens (tertiary/aromatic N) is 1. The lowest BCUT2D eigenvalue weighted by molar-refractivity contribution is 0.0857. The summed E-state index contributed by atoms with van der Waals surface area (Å²) in [6.07, 6.45) is 1.59. The van der Waals surface area contributed by atoms with Crippen molar-refractivity contribution in [2.75, 3.05) is 5.32 Å². The van der Waals surface area contributed by atoms with Gasteiger partial charge in [-0.25, -0.2) is 0 Å². The minimum atomic E-state index is -0.664. The number of carbonyl (C=O) groups is 2. The first-order valence-corrected chi connectivity index (χ1v) is 11.9. The fraction of sp³-hybridized carbons (Fsp3) is 0.167. The van der Waals surface area contributed by atoms with Gasteiger partial charge >= 0.3 is 0 Å². The van der Waals surface area contributed by atoms with Crippen LogP contribution in [0.1, 0.15) is 49.0 Å². The molecule has 2 amide bonds. The molecule has 4 aromatic rings. The van der Waals surface area contributed by atoms with Crippen molar-refractivity contribution in [3.05, 3.63) is 118 Å². The second-order valence-electron chi connectivity index (χ2n) is 9.15. The number of anilines is 1. The Hall–Kier alpha value is -4.29. The van der Waals surface area contributed by atoms with Crippen molar-refractivity contribution in [2.45, 2.75) is 32.4 Å². The Labute approximate surface area is 210 Å². The normalized spacial score (nSPS) is 16.3. The molecule has 1 aliphatic rings. The van der Waals surface area contributed by atoms with Crippen LogP contribution in [-0.2, 0) is 6.42 Å². The monoisotopic (exact) mass is 477 g/mol. The van der Waals surface area contributed by atoms with Gasteiger partial charge < -0.3 is 15.7 Å². The minimum absolute atomic E-state index is 0.254. The first-order valence-electron chi connectivity index (χ1n) is 11.9. The molecule has 3 aromatic carbocycles. The Bertz CT molecular complexity index is 1450. The van der Waals surface area contributed by atoms with Crippen LogP contribution < -0.4 is 10.6 Å². The third-order valence-corrected chi connectivity index (χ3v) is 6.66. The SMILES string of the molecule is Cc1cc(C(=O)NC2c3ccccc3CC2O)ccc1C(=O)Nc1ccc(C)c(-c2ccccn2)c1. The molecule has 6 heteroatoms. The zero-order valence-corrected chi connectivity index (χ0v) is 20.2. The van der Waals surface area contributed by atoms with Crippen molar-refractivity contribution in [3.8, 4) is 11.3 Å². The second-order valence-corrected chi connectivity index (χ2v) is 9.15. The van der Waals surface area contributed by atoms with Gasteiger partial charge in [-0.1, -0.05) is 36.4 Å². The van der Waals surface area contributed by atoms with Crippen molar-refractivity contribution < 1.29 is 14.7 Å². The minimum Gasteiger partial charge on any atom is -0.390 e. The van der Waals surface area contributed by atoms with Gasteiger partial charge in [-0.15, -0.1) is 0 Å². The first kappa shape index (κ1) is 23.5. The molecule has 0 saturated carbocycles. The molecule has 0 spiro atoms. The Morgan fingerprint density at radius 3 is 2.47 bits per heavy atom. The third-order valence-electron chi connectivity index (χ3n) is 6.66. The van der Waals surface area contributed by atoms with Crippen LogP contribution in [-0.4, -0.2) is 28.0 Å². The van der Waals surface area contributed by atoms with E-state index < -0.39 is 12.1 Å². The molecule has 0 radical (unpaired) electrons. The molecule has 180 valence electrons. The number of aliphatic hydroxyl groups is 1. The van der Waals surface area contributed by atoms with E-state index in [1.54, 1.807) is 31.3 Å². The number of rotatable bonds is 5. The molecule has 2 unspecified atom stereocenters. The van der Waals surface area contributed by atoms with Crippen LogP contribution in [0.2, 0.25) is 0 Å². The maximum atomic E-state index is 13.0. The third kappa shape index (κ3) is 4.63. The van der Waals surface area contributed by atoms with Gasteiger partial charge in [0.2, 0.25) is 0 Å². The van der Waals surface area contributed by atoms with Crippen LogP contribution in [0.15, 0.2) is 85.1 Å². The highest BCUT2D eigenvalue weighted by molar-refractivity contribution is 6.06. The molecule has 0 aliphatic heterocycles. The van der Waals surface area contributed by atoms with E-state index in [0.717, 1.165) is 27.9 Å². The van der Waals surface area contributed by atoms with Gasteiger partial charge in [-0.2, -0.15) is 0 Å². The van der Waals surface area contributed by atoms with Crippen LogP contribution in [0.3, 0.4) is 0 Å². The quantitative estimate of drug-likeness (QED) is 0.377. The highest BCUT2D eigenvalue weighted by Gasteiger charge is 2.32. The summed E-state index contributed by atoms with van der Waals surface area (Å²) in [5.74, 6) is -0.542. The van der Waals surface area contributed by atoms with Crippen LogP contribution in [0, 0.1) is 13.8 Å². The summed E-state index contributed by atoms with van der Waals surface area (Å²) in [6, 6.07) is 23.7. The van der Waals surface area contributed by atoms with Crippen LogP contribution in [0.25, 0.3) is 11.3 Å². The topological polar surface area (TPSA) is 91.3 Å². The molecule has 0 fully saturated rings. The maximum absolute atomic E-state index is 13.0. The van der Waals surface area contributed by atoms with Crippen LogP contribution in [0.4, 0.5) is 5.69 Å². The summed E-state index contributed by atoms with van der Waals surface area (Å²) in [5.41, 5.74) is 7.11. The Morgan fingerprint density at radius 1 is 0.889 bits per heavy atom. The summed E-state index contributed by atoms with van der Waals surface area (Å²) in [6.45, 7) is 3.81. The first-order chi connectivity index (χ1) is 17.4. The van der Waals surface area contributed by atoms with Crippen LogP contribution >= 0.6 is 0 Å². The second kappa shape index (κ2) is 9.76. The van der Waals surface area contributed by atoms with E-state index in [1.807, 2.05) is 67.6 Å². The van der Waals surface area contributed by atoms with Crippen molar-refractivity contribution in [1.29, 1.82) is 0 Å². The van der Waals surface area contributed by atoms with E-state index in [1.165, 1.54) is 0 Å². The highest BCUT2D eigenvalue weighted by Crippen LogP contribution is 2.31. The number of carbonyl (C=O) groups excluding carboxylic acids is 2. The van der Waals surface area contributed by atoms with Crippen LogP contribution in [0.5, 0.6) is 0 Å². The molecule has 0 saturated heterocycles. The van der Waals surface area contributed by atoms with Crippen molar-refractivity contribution in [3.63, 3.8) is 0 Å². The molecule has 2 atom stereocenters. The molecule has 36 heavy (non-hydrogen) atoms. The number of amides is 2. The smallest absolute Gasteiger partial charge is 0.255 e. The maximum Gasteiger partial charge on any atom is 0.255 e. The highest BCUT2D eigenvalue weighted by atomic mass is 16.3. The van der Waals surface area contributed by atoms with E-state index in [4.69, 9.17) is 0 Å². The zero-order chi connectivity index (χ0) is 25.2. The summed E-state index contributed by atoms with van der Waals surface area (Å²) < 4.78 is 0. The predicted octanol–water partition coefficient (Wildman–Crippen LogP) is 5.01. The molecule has 1 aliphatic carbocycles. The van der Waals surface area contributed by atoms with Gasteiger partial charge in [0.05, 0.1) is 17.8 Å². The van der Waals surface area contributed by atoms with Gasteiger partial charge in [0, 0.05) is 35.0 Å². The summed E-state index contributed by atoms with van der Waals surface area (Å²) >= 11 is 0. The van der Waals surface area contributed by atoms with Crippen molar-refractivity contribution in [1.82, 2.24) is 10.3 Å². The van der Waals surface area contributed by atoms with E-state index in [2.05, 4.69) is 15.6 Å². The summed E-state index contributed by atoms with van der Waals surface area (Å²) in [4.78, 5) is 30.4. The van der Waals surface area contributed by atoms with Gasteiger partial charge in [0.15, 0.2) is 0 Å². The average Bonchev–Trinajstić information content (AvgIpc) is 3.20. The van der Waals surface area contributed by atoms with Gasteiger partial charge in [-0.05, 0) is 78.6 Å². The largest absolute Gasteiger partial charge is 0.390 e.